The number of thioether (sulfide) groups is 1. The van der Waals surface area contributed by atoms with Gasteiger partial charge >= 0.3 is 0 Å². The molecule has 8 heteroatoms. The number of thiophene rings is 1. The van der Waals surface area contributed by atoms with Crippen molar-refractivity contribution in [3.63, 3.8) is 0 Å². The van der Waals surface area contributed by atoms with Gasteiger partial charge in [0.15, 0.2) is 0 Å². The molecule has 1 aromatic heterocycles. The molecule has 2 amide bonds. The topological polar surface area (TPSA) is 60.9 Å². The van der Waals surface area contributed by atoms with Crippen molar-refractivity contribution < 1.29 is 14.7 Å². The molecule has 0 aliphatic carbocycles. The molecule has 142 valence electrons. The van der Waals surface area contributed by atoms with Gasteiger partial charge in [0.05, 0.1) is 11.5 Å². The highest BCUT2D eigenvalue weighted by Crippen LogP contribution is 2.33. The lowest BCUT2D eigenvalue weighted by molar-refractivity contribution is -0.131. The fourth-order valence-corrected chi connectivity index (χ4v) is 4.69. The number of aliphatic hydroxyl groups is 1. The molecule has 26 heavy (non-hydrogen) atoms. The van der Waals surface area contributed by atoms with Crippen molar-refractivity contribution in [2.24, 2.45) is 0 Å². The SMILES string of the molecule is CCN(CCO)C(=O)CCCCCN1C(=O)/C(=C\c2cccs2)SC1=S. The zero-order valence-electron chi connectivity index (χ0n) is 14.8. The van der Waals surface area contributed by atoms with Crippen LogP contribution in [0, 0.1) is 0 Å². The first kappa shape index (κ1) is 21.1. The zero-order valence-corrected chi connectivity index (χ0v) is 17.3. The summed E-state index contributed by atoms with van der Waals surface area (Å²) in [6.07, 6.45) is 4.83. The van der Waals surface area contributed by atoms with Gasteiger partial charge < -0.3 is 10.0 Å². The second kappa shape index (κ2) is 10.8. The molecular formula is C18H24N2O3S3. The van der Waals surface area contributed by atoms with Crippen LogP contribution in [0.4, 0.5) is 0 Å². The number of amides is 2. The Bertz CT molecular complexity index is 659. The van der Waals surface area contributed by atoms with Crippen molar-refractivity contribution in [1.82, 2.24) is 9.80 Å². The van der Waals surface area contributed by atoms with E-state index in [2.05, 4.69) is 0 Å². The Morgan fingerprint density at radius 3 is 2.85 bits per heavy atom. The number of hydrogen-bond donors (Lipinski definition) is 1. The maximum atomic E-state index is 12.5. The minimum Gasteiger partial charge on any atom is -0.395 e. The third kappa shape index (κ3) is 5.90. The summed E-state index contributed by atoms with van der Waals surface area (Å²) in [4.78, 5) is 29.5. The minimum atomic E-state index is -0.0235. The number of aliphatic hydroxyl groups excluding tert-OH is 1. The second-order valence-electron chi connectivity index (χ2n) is 5.86. The van der Waals surface area contributed by atoms with Gasteiger partial charge in [-0.2, -0.15) is 0 Å². The Kier molecular flexibility index (Phi) is 8.77. The number of carbonyl (C=O) groups is 2. The van der Waals surface area contributed by atoms with Crippen LogP contribution in [0.15, 0.2) is 22.4 Å². The first-order chi connectivity index (χ1) is 12.6. The molecule has 0 unspecified atom stereocenters. The molecular weight excluding hydrogens is 388 g/mol. The molecule has 5 nitrogen and oxygen atoms in total. The van der Waals surface area contributed by atoms with Crippen molar-refractivity contribution in [2.75, 3.05) is 26.2 Å². The molecule has 1 aliphatic heterocycles. The smallest absolute Gasteiger partial charge is 0.266 e. The van der Waals surface area contributed by atoms with E-state index in [4.69, 9.17) is 17.3 Å². The number of nitrogens with zero attached hydrogens (tertiary/aromatic N) is 2. The molecule has 1 saturated heterocycles. The number of likely N-dealkylation sites (N-methyl/N-ethyl adjacent to an activating group) is 1. The summed E-state index contributed by atoms with van der Waals surface area (Å²) >= 11 is 8.28. The Morgan fingerprint density at radius 1 is 1.38 bits per heavy atom. The highest BCUT2D eigenvalue weighted by Gasteiger charge is 2.31. The molecule has 0 radical (unpaired) electrons. The van der Waals surface area contributed by atoms with Crippen LogP contribution in [-0.2, 0) is 9.59 Å². The van der Waals surface area contributed by atoms with Crippen molar-refractivity contribution >= 4 is 57.5 Å². The first-order valence-corrected chi connectivity index (χ1v) is 10.8. The van der Waals surface area contributed by atoms with E-state index in [9.17, 15) is 9.59 Å². The monoisotopic (exact) mass is 412 g/mol. The summed E-state index contributed by atoms with van der Waals surface area (Å²) in [5.41, 5.74) is 0. The van der Waals surface area contributed by atoms with Crippen molar-refractivity contribution in [1.29, 1.82) is 0 Å². The number of unbranched alkanes of at least 4 members (excludes halogenated alkanes) is 2. The van der Waals surface area contributed by atoms with Crippen LogP contribution in [0.1, 0.15) is 37.5 Å². The summed E-state index contributed by atoms with van der Waals surface area (Å²) in [5, 5.41) is 10.9. The quantitative estimate of drug-likeness (QED) is 0.363. The van der Waals surface area contributed by atoms with Gasteiger partial charge in [-0.25, -0.2) is 0 Å². The van der Waals surface area contributed by atoms with E-state index < -0.39 is 0 Å². The van der Waals surface area contributed by atoms with E-state index in [1.54, 1.807) is 21.1 Å². The Labute approximate surface area is 168 Å². The summed E-state index contributed by atoms with van der Waals surface area (Å²) in [6.45, 7) is 3.50. The van der Waals surface area contributed by atoms with Crippen LogP contribution in [0.5, 0.6) is 0 Å². The largest absolute Gasteiger partial charge is 0.395 e. The lowest BCUT2D eigenvalue weighted by atomic mass is 10.1. The normalized spacial score (nSPS) is 15.9. The van der Waals surface area contributed by atoms with Gasteiger partial charge in [-0.1, -0.05) is 36.5 Å². The molecule has 0 aromatic carbocycles. The fraction of sp³-hybridized carbons (Fsp3) is 0.500. The number of rotatable bonds is 10. The van der Waals surface area contributed by atoms with E-state index >= 15 is 0 Å². The summed E-state index contributed by atoms with van der Waals surface area (Å²) in [5.74, 6) is 0.0515. The fourth-order valence-electron chi connectivity index (χ4n) is 2.66. The number of thiocarbonyl (C=S) groups is 1. The molecule has 1 N–H and O–H groups in total. The molecule has 0 saturated carbocycles. The van der Waals surface area contributed by atoms with E-state index in [0.29, 0.717) is 35.3 Å². The maximum absolute atomic E-state index is 12.5. The van der Waals surface area contributed by atoms with Crippen molar-refractivity contribution in [2.45, 2.75) is 32.6 Å². The van der Waals surface area contributed by atoms with Gasteiger partial charge in [-0.15, -0.1) is 11.3 Å². The van der Waals surface area contributed by atoms with Gasteiger partial charge in [-0.05, 0) is 37.3 Å². The average Bonchev–Trinajstić information content (AvgIpc) is 3.22. The maximum Gasteiger partial charge on any atom is 0.266 e. The lowest BCUT2D eigenvalue weighted by Gasteiger charge is -2.19. The third-order valence-electron chi connectivity index (χ3n) is 4.07. The molecule has 0 bridgehead atoms. The third-order valence-corrected chi connectivity index (χ3v) is 6.26. The van der Waals surface area contributed by atoms with E-state index in [-0.39, 0.29) is 18.4 Å². The van der Waals surface area contributed by atoms with Gasteiger partial charge in [0.2, 0.25) is 5.91 Å². The van der Waals surface area contributed by atoms with E-state index in [0.717, 1.165) is 24.1 Å². The molecule has 1 aliphatic rings. The summed E-state index contributed by atoms with van der Waals surface area (Å²) < 4.78 is 0.606. The van der Waals surface area contributed by atoms with Gasteiger partial charge in [0.25, 0.3) is 5.91 Å². The van der Waals surface area contributed by atoms with Crippen LogP contribution in [0.2, 0.25) is 0 Å². The number of carbonyl (C=O) groups excluding carboxylic acids is 2. The molecule has 2 heterocycles. The molecule has 2 rings (SSSR count). The van der Waals surface area contributed by atoms with Crippen LogP contribution in [0.3, 0.4) is 0 Å². The second-order valence-corrected chi connectivity index (χ2v) is 8.51. The summed E-state index contributed by atoms with van der Waals surface area (Å²) in [6, 6.07) is 3.93. The van der Waals surface area contributed by atoms with Gasteiger partial charge in [0, 0.05) is 30.9 Å². The van der Waals surface area contributed by atoms with Crippen LogP contribution in [0.25, 0.3) is 6.08 Å². The van der Waals surface area contributed by atoms with E-state index in [1.807, 2.05) is 30.5 Å². The van der Waals surface area contributed by atoms with Crippen LogP contribution in [-0.4, -0.2) is 57.3 Å². The first-order valence-electron chi connectivity index (χ1n) is 8.74. The van der Waals surface area contributed by atoms with Gasteiger partial charge in [0.1, 0.15) is 4.32 Å². The molecule has 0 spiro atoms. The summed E-state index contributed by atoms with van der Waals surface area (Å²) in [7, 11) is 0. The van der Waals surface area contributed by atoms with Crippen LogP contribution >= 0.6 is 35.3 Å². The Hall–Kier alpha value is -1.22. The average molecular weight is 413 g/mol. The number of hydrogen-bond acceptors (Lipinski definition) is 6. The van der Waals surface area contributed by atoms with Crippen LogP contribution < -0.4 is 0 Å². The predicted molar refractivity (Wildman–Crippen MR) is 112 cm³/mol. The molecule has 1 aromatic rings. The standard InChI is InChI=1S/C18H24N2O3S3/c1-2-19(10-11-21)16(22)8-4-3-5-9-20-17(23)15(26-18(20)24)13-14-7-6-12-25-14/h6-7,12-13,21H,2-5,8-11H2,1H3/b15-13+. The minimum absolute atomic E-state index is 0.00686. The van der Waals surface area contributed by atoms with Crippen molar-refractivity contribution in [3.8, 4) is 0 Å². The molecule has 0 atom stereocenters. The van der Waals surface area contributed by atoms with Crippen molar-refractivity contribution in [3.05, 3.63) is 27.3 Å². The Morgan fingerprint density at radius 2 is 2.19 bits per heavy atom. The molecule has 1 fully saturated rings. The van der Waals surface area contributed by atoms with E-state index in [1.165, 1.54) is 11.8 Å². The Balaban J connectivity index is 1.73. The predicted octanol–water partition coefficient (Wildman–Crippen LogP) is 3.35. The zero-order chi connectivity index (χ0) is 18.9. The highest BCUT2D eigenvalue weighted by atomic mass is 32.2. The lowest BCUT2D eigenvalue weighted by Crippen LogP contribution is -2.33. The van der Waals surface area contributed by atoms with Gasteiger partial charge in [-0.3, -0.25) is 14.5 Å². The highest BCUT2D eigenvalue weighted by molar-refractivity contribution is 8.26.